The topological polar surface area (TPSA) is 49.3 Å². The van der Waals surface area contributed by atoms with Gasteiger partial charge < -0.3 is 10.4 Å². The monoisotopic (exact) mass is 233 g/mol. The standard InChI is InChI=1S/C14H19NO2/c16-14(17)13-8-4-3-7-12(13)10-15-9-11-5-1-2-6-11/h3-4,7-8,11,15H,1-2,5-6,9-10H2,(H,16,17). The number of carboxylic acid groups (broad SMARTS) is 1. The van der Waals surface area contributed by atoms with Crippen LogP contribution in [-0.2, 0) is 6.54 Å². The third-order valence-corrected chi connectivity index (χ3v) is 3.47. The summed E-state index contributed by atoms with van der Waals surface area (Å²) in [5.74, 6) is -0.0599. The van der Waals surface area contributed by atoms with E-state index < -0.39 is 5.97 Å². The molecule has 0 aromatic heterocycles. The lowest BCUT2D eigenvalue weighted by molar-refractivity contribution is 0.0695. The zero-order chi connectivity index (χ0) is 12.1. The molecule has 0 radical (unpaired) electrons. The molecular weight excluding hydrogens is 214 g/mol. The van der Waals surface area contributed by atoms with Crippen molar-refractivity contribution >= 4 is 5.97 Å². The van der Waals surface area contributed by atoms with E-state index in [0.717, 1.165) is 18.0 Å². The van der Waals surface area contributed by atoms with Crippen LogP contribution in [0.2, 0.25) is 0 Å². The van der Waals surface area contributed by atoms with E-state index in [-0.39, 0.29) is 0 Å². The van der Waals surface area contributed by atoms with E-state index in [4.69, 9.17) is 5.11 Å². The number of aromatic carboxylic acids is 1. The van der Waals surface area contributed by atoms with Gasteiger partial charge in [0.1, 0.15) is 0 Å². The maximum atomic E-state index is 11.0. The minimum atomic E-state index is -0.844. The first-order valence-electron chi connectivity index (χ1n) is 6.29. The van der Waals surface area contributed by atoms with Crippen molar-refractivity contribution in [1.29, 1.82) is 0 Å². The Morgan fingerprint density at radius 2 is 2.00 bits per heavy atom. The van der Waals surface area contributed by atoms with Gasteiger partial charge in [-0.3, -0.25) is 0 Å². The zero-order valence-corrected chi connectivity index (χ0v) is 9.98. The summed E-state index contributed by atoms with van der Waals surface area (Å²) in [4.78, 5) is 11.0. The first-order chi connectivity index (χ1) is 8.27. The average molecular weight is 233 g/mol. The molecule has 1 aliphatic carbocycles. The summed E-state index contributed by atoms with van der Waals surface area (Å²) in [6, 6.07) is 7.20. The highest BCUT2D eigenvalue weighted by molar-refractivity contribution is 5.89. The number of carbonyl (C=O) groups is 1. The fraction of sp³-hybridized carbons (Fsp3) is 0.500. The van der Waals surface area contributed by atoms with Gasteiger partial charge in [-0.1, -0.05) is 31.0 Å². The Bertz CT molecular complexity index is 384. The van der Waals surface area contributed by atoms with Crippen molar-refractivity contribution in [2.75, 3.05) is 6.54 Å². The average Bonchev–Trinajstić information content (AvgIpc) is 2.82. The van der Waals surface area contributed by atoms with Crippen LogP contribution in [0.15, 0.2) is 24.3 Å². The van der Waals surface area contributed by atoms with Gasteiger partial charge in [-0.05, 0) is 36.9 Å². The predicted molar refractivity (Wildman–Crippen MR) is 67.1 cm³/mol. The van der Waals surface area contributed by atoms with Gasteiger partial charge in [0, 0.05) is 6.54 Å². The Hall–Kier alpha value is -1.35. The van der Waals surface area contributed by atoms with E-state index in [1.54, 1.807) is 12.1 Å². The van der Waals surface area contributed by atoms with Crippen molar-refractivity contribution in [3.8, 4) is 0 Å². The Labute approximate surface area is 102 Å². The van der Waals surface area contributed by atoms with E-state index in [9.17, 15) is 4.79 Å². The molecule has 92 valence electrons. The van der Waals surface area contributed by atoms with Gasteiger partial charge in [0.2, 0.25) is 0 Å². The molecular formula is C14H19NO2. The van der Waals surface area contributed by atoms with E-state index in [1.165, 1.54) is 25.7 Å². The Morgan fingerprint density at radius 1 is 1.29 bits per heavy atom. The molecule has 0 atom stereocenters. The van der Waals surface area contributed by atoms with Crippen LogP contribution >= 0.6 is 0 Å². The van der Waals surface area contributed by atoms with Gasteiger partial charge >= 0.3 is 5.97 Å². The number of hydrogen-bond donors (Lipinski definition) is 2. The molecule has 0 unspecified atom stereocenters. The van der Waals surface area contributed by atoms with Crippen LogP contribution in [0.25, 0.3) is 0 Å². The van der Waals surface area contributed by atoms with Crippen LogP contribution in [0.4, 0.5) is 0 Å². The maximum Gasteiger partial charge on any atom is 0.336 e. The molecule has 2 N–H and O–H groups in total. The van der Waals surface area contributed by atoms with E-state index >= 15 is 0 Å². The van der Waals surface area contributed by atoms with E-state index in [0.29, 0.717) is 12.1 Å². The lowest BCUT2D eigenvalue weighted by atomic mass is 10.1. The zero-order valence-electron chi connectivity index (χ0n) is 9.98. The smallest absolute Gasteiger partial charge is 0.336 e. The number of nitrogens with one attached hydrogen (secondary N) is 1. The molecule has 0 aliphatic heterocycles. The quantitative estimate of drug-likeness (QED) is 0.822. The Morgan fingerprint density at radius 3 is 2.71 bits per heavy atom. The number of benzene rings is 1. The molecule has 0 amide bonds. The van der Waals surface area contributed by atoms with Crippen molar-refractivity contribution in [2.24, 2.45) is 5.92 Å². The van der Waals surface area contributed by atoms with Crippen LogP contribution in [0.3, 0.4) is 0 Å². The Kier molecular flexibility index (Phi) is 4.15. The molecule has 0 spiro atoms. The molecule has 17 heavy (non-hydrogen) atoms. The molecule has 1 aromatic carbocycles. The third-order valence-electron chi connectivity index (χ3n) is 3.47. The van der Waals surface area contributed by atoms with Crippen molar-refractivity contribution in [1.82, 2.24) is 5.32 Å². The van der Waals surface area contributed by atoms with Crippen molar-refractivity contribution in [3.05, 3.63) is 35.4 Å². The number of carboxylic acids is 1. The minimum Gasteiger partial charge on any atom is -0.478 e. The van der Waals surface area contributed by atoms with Crippen molar-refractivity contribution < 1.29 is 9.90 Å². The van der Waals surface area contributed by atoms with Crippen LogP contribution < -0.4 is 5.32 Å². The third kappa shape index (κ3) is 3.30. The molecule has 0 bridgehead atoms. The van der Waals surface area contributed by atoms with Gasteiger partial charge in [-0.25, -0.2) is 4.79 Å². The second-order valence-corrected chi connectivity index (χ2v) is 4.74. The summed E-state index contributed by atoms with van der Waals surface area (Å²) in [6.07, 6.45) is 5.32. The molecule has 0 heterocycles. The summed E-state index contributed by atoms with van der Waals surface area (Å²) in [6.45, 7) is 1.66. The molecule has 1 aromatic rings. The largest absolute Gasteiger partial charge is 0.478 e. The summed E-state index contributed by atoms with van der Waals surface area (Å²) < 4.78 is 0. The van der Waals surface area contributed by atoms with Crippen LogP contribution in [0.1, 0.15) is 41.6 Å². The second kappa shape index (κ2) is 5.82. The van der Waals surface area contributed by atoms with Gasteiger partial charge in [0.25, 0.3) is 0 Å². The summed E-state index contributed by atoms with van der Waals surface area (Å²) in [5, 5.41) is 12.4. The summed E-state index contributed by atoms with van der Waals surface area (Å²) in [7, 11) is 0. The minimum absolute atomic E-state index is 0.409. The summed E-state index contributed by atoms with van der Waals surface area (Å²) in [5.41, 5.74) is 1.28. The maximum absolute atomic E-state index is 11.0. The molecule has 1 fully saturated rings. The van der Waals surface area contributed by atoms with Crippen LogP contribution in [0, 0.1) is 5.92 Å². The second-order valence-electron chi connectivity index (χ2n) is 4.74. The van der Waals surface area contributed by atoms with Crippen LogP contribution in [-0.4, -0.2) is 17.6 Å². The normalized spacial score (nSPS) is 16.2. The van der Waals surface area contributed by atoms with Gasteiger partial charge in [-0.15, -0.1) is 0 Å². The fourth-order valence-corrected chi connectivity index (χ4v) is 2.51. The van der Waals surface area contributed by atoms with Gasteiger partial charge in [0.15, 0.2) is 0 Å². The molecule has 2 rings (SSSR count). The first kappa shape index (κ1) is 12.1. The van der Waals surface area contributed by atoms with Gasteiger partial charge in [0.05, 0.1) is 5.56 Å². The fourth-order valence-electron chi connectivity index (χ4n) is 2.51. The highest BCUT2D eigenvalue weighted by atomic mass is 16.4. The number of hydrogen-bond acceptors (Lipinski definition) is 2. The lowest BCUT2D eigenvalue weighted by Crippen LogP contribution is -2.21. The van der Waals surface area contributed by atoms with E-state index in [2.05, 4.69) is 5.32 Å². The highest BCUT2D eigenvalue weighted by Gasteiger charge is 2.14. The molecule has 3 nitrogen and oxygen atoms in total. The SMILES string of the molecule is O=C(O)c1ccccc1CNCC1CCCC1. The highest BCUT2D eigenvalue weighted by Crippen LogP contribution is 2.23. The van der Waals surface area contributed by atoms with E-state index in [1.807, 2.05) is 12.1 Å². The molecule has 1 saturated carbocycles. The van der Waals surface area contributed by atoms with Gasteiger partial charge in [-0.2, -0.15) is 0 Å². The summed E-state index contributed by atoms with van der Waals surface area (Å²) >= 11 is 0. The predicted octanol–water partition coefficient (Wildman–Crippen LogP) is 2.66. The Balaban J connectivity index is 1.87. The molecule has 1 aliphatic rings. The lowest BCUT2D eigenvalue weighted by Gasteiger charge is -2.11. The first-order valence-corrected chi connectivity index (χ1v) is 6.29. The molecule has 3 heteroatoms. The van der Waals surface area contributed by atoms with Crippen molar-refractivity contribution in [3.63, 3.8) is 0 Å². The molecule has 0 saturated heterocycles. The number of rotatable bonds is 5. The van der Waals surface area contributed by atoms with Crippen molar-refractivity contribution in [2.45, 2.75) is 32.2 Å². The van der Waals surface area contributed by atoms with Crippen LogP contribution in [0.5, 0.6) is 0 Å².